The van der Waals surface area contributed by atoms with Crippen molar-refractivity contribution in [1.29, 1.82) is 0 Å². The predicted octanol–water partition coefficient (Wildman–Crippen LogP) is 5.21. The molecule has 0 aliphatic carbocycles. The Morgan fingerprint density at radius 2 is 1.20 bits per heavy atom. The third-order valence-electron chi connectivity index (χ3n) is 5.91. The van der Waals surface area contributed by atoms with Crippen LogP contribution in [0.1, 0.15) is 23.6 Å². The highest BCUT2D eigenvalue weighted by atomic mass is 32.2. The molecule has 0 amide bonds. The lowest BCUT2D eigenvalue weighted by Gasteiger charge is -2.44. The van der Waals surface area contributed by atoms with E-state index in [0.29, 0.717) is 26.4 Å². The fraction of sp³-hybridized carbons (Fsp3) is 0.379. The molecule has 0 saturated carbocycles. The second-order valence-electron chi connectivity index (χ2n) is 8.51. The van der Waals surface area contributed by atoms with E-state index in [-0.39, 0.29) is 6.10 Å². The van der Waals surface area contributed by atoms with Crippen LogP contribution in [0.15, 0.2) is 91.0 Å². The molecule has 1 heterocycles. The van der Waals surface area contributed by atoms with Crippen molar-refractivity contribution in [2.45, 2.75) is 56.6 Å². The first-order valence-corrected chi connectivity index (χ1v) is 13.2. The SMILES string of the molecule is CCSC1O[C@H](COCc2ccccc2)[C@@H](OCc2ccccc2)[C@H](OCc2ccccc2)[C@@H]1O. The summed E-state index contributed by atoms with van der Waals surface area (Å²) in [5, 5.41) is 11.2. The molecule has 1 saturated heterocycles. The molecule has 186 valence electrons. The zero-order valence-electron chi connectivity index (χ0n) is 20.1. The molecule has 1 N–H and O–H groups in total. The third kappa shape index (κ3) is 7.64. The van der Waals surface area contributed by atoms with E-state index in [0.717, 1.165) is 22.4 Å². The summed E-state index contributed by atoms with van der Waals surface area (Å²) in [6, 6.07) is 30.1. The molecule has 6 heteroatoms. The van der Waals surface area contributed by atoms with Crippen molar-refractivity contribution in [3.05, 3.63) is 108 Å². The zero-order valence-corrected chi connectivity index (χ0v) is 20.9. The van der Waals surface area contributed by atoms with Crippen LogP contribution in [0.25, 0.3) is 0 Å². The van der Waals surface area contributed by atoms with E-state index >= 15 is 0 Å². The van der Waals surface area contributed by atoms with Gasteiger partial charge >= 0.3 is 0 Å². The van der Waals surface area contributed by atoms with E-state index in [9.17, 15) is 5.11 Å². The lowest BCUT2D eigenvalue weighted by Crippen LogP contribution is -2.59. The fourth-order valence-electron chi connectivity index (χ4n) is 4.12. The van der Waals surface area contributed by atoms with Crippen molar-refractivity contribution in [2.24, 2.45) is 0 Å². The maximum atomic E-state index is 11.2. The maximum absolute atomic E-state index is 11.2. The quantitative estimate of drug-likeness (QED) is 0.373. The Labute approximate surface area is 212 Å². The first-order valence-electron chi connectivity index (χ1n) is 12.1. The third-order valence-corrected chi connectivity index (χ3v) is 6.96. The van der Waals surface area contributed by atoms with Gasteiger partial charge in [0, 0.05) is 0 Å². The maximum Gasteiger partial charge on any atom is 0.132 e. The lowest BCUT2D eigenvalue weighted by molar-refractivity contribution is -0.243. The van der Waals surface area contributed by atoms with Gasteiger partial charge in [-0.25, -0.2) is 0 Å². The number of hydrogen-bond donors (Lipinski definition) is 1. The van der Waals surface area contributed by atoms with Crippen LogP contribution in [0.4, 0.5) is 0 Å². The summed E-state index contributed by atoms with van der Waals surface area (Å²) in [5.41, 5.74) is 2.78. The number of rotatable bonds is 12. The number of aliphatic hydroxyl groups is 1. The van der Waals surface area contributed by atoms with Crippen LogP contribution >= 0.6 is 11.8 Å². The molecular weight excluding hydrogens is 460 g/mol. The highest BCUT2D eigenvalue weighted by Gasteiger charge is 2.47. The number of ether oxygens (including phenoxy) is 4. The Bertz CT molecular complexity index is 972. The molecule has 0 spiro atoms. The number of hydrogen-bond acceptors (Lipinski definition) is 6. The second-order valence-corrected chi connectivity index (χ2v) is 9.89. The number of aliphatic hydroxyl groups excluding tert-OH is 1. The van der Waals surface area contributed by atoms with Crippen molar-refractivity contribution < 1.29 is 24.1 Å². The van der Waals surface area contributed by atoms with Gasteiger partial charge in [-0.2, -0.15) is 0 Å². The molecule has 0 aromatic heterocycles. The fourth-order valence-corrected chi connectivity index (χ4v) is 5.03. The Morgan fingerprint density at radius 3 is 1.71 bits per heavy atom. The number of benzene rings is 3. The summed E-state index contributed by atoms with van der Waals surface area (Å²) >= 11 is 1.57. The summed E-state index contributed by atoms with van der Waals surface area (Å²) in [6.45, 7) is 3.66. The van der Waals surface area contributed by atoms with Gasteiger partial charge in [0.25, 0.3) is 0 Å². The molecular formula is C29H34O5S. The molecule has 4 rings (SSSR count). The van der Waals surface area contributed by atoms with E-state index in [1.807, 2.05) is 91.0 Å². The average Bonchev–Trinajstić information content (AvgIpc) is 2.90. The predicted molar refractivity (Wildman–Crippen MR) is 139 cm³/mol. The van der Waals surface area contributed by atoms with Crippen molar-refractivity contribution >= 4 is 11.8 Å². The Balaban J connectivity index is 1.50. The second kappa shape index (κ2) is 13.8. The molecule has 35 heavy (non-hydrogen) atoms. The summed E-state index contributed by atoms with van der Waals surface area (Å²) in [7, 11) is 0. The van der Waals surface area contributed by atoms with E-state index < -0.39 is 23.7 Å². The minimum absolute atomic E-state index is 0.340. The van der Waals surface area contributed by atoms with Crippen LogP contribution in [0.3, 0.4) is 0 Å². The lowest BCUT2D eigenvalue weighted by atomic mass is 9.99. The highest BCUT2D eigenvalue weighted by Crippen LogP contribution is 2.33. The Morgan fingerprint density at radius 1 is 0.714 bits per heavy atom. The zero-order chi connectivity index (χ0) is 24.3. The van der Waals surface area contributed by atoms with Gasteiger partial charge in [0.15, 0.2) is 0 Å². The molecule has 1 aliphatic heterocycles. The van der Waals surface area contributed by atoms with Gasteiger partial charge in [0.1, 0.15) is 29.9 Å². The molecule has 1 aliphatic rings. The molecule has 3 aromatic carbocycles. The van der Waals surface area contributed by atoms with Gasteiger partial charge in [-0.1, -0.05) is 97.9 Å². The Kier molecular flexibility index (Phi) is 10.2. The Hall–Kier alpha value is -2.19. The number of thioether (sulfide) groups is 1. The standard InChI is InChI=1S/C29H34O5S/c1-2-35-29-26(30)28(33-20-24-16-10-5-11-17-24)27(32-19-23-14-8-4-9-15-23)25(34-29)21-31-18-22-12-6-3-7-13-22/h3-17,25-30H,2,18-21H2,1H3/t25-,26+,27-,28-,29?/m1/s1. The summed E-state index contributed by atoms with van der Waals surface area (Å²) < 4.78 is 25.1. The van der Waals surface area contributed by atoms with E-state index in [1.54, 1.807) is 11.8 Å². The van der Waals surface area contributed by atoms with Crippen molar-refractivity contribution in [1.82, 2.24) is 0 Å². The van der Waals surface area contributed by atoms with Gasteiger partial charge in [-0.15, -0.1) is 11.8 Å². The first kappa shape index (κ1) is 25.9. The van der Waals surface area contributed by atoms with Crippen LogP contribution in [0.5, 0.6) is 0 Å². The first-order chi connectivity index (χ1) is 17.2. The van der Waals surface area contributed by atoms with Crippen LogP contribution in [-0.2, 0) is 38.8 Å². The van der Waals surface area contributed by atoms with E-state index in [1.165, 1.54) is 0 Å². The van der Waals surface area contributed by atoms with Crippen molar-refractivity contribution in [2.75, 3.05) is 12.4 Å². The summed E-state index contributed by atoms with van der Waals surface area (Å²) in [6.07, 6.45) is -2.24. The van der Waals surface area contributed by atoms with Crippen LogP contribution in [0, 0.1) is 0 Å². The van der Waals surface area contributed by atoms with Crippen molar-refractivity contribution in [3.63, 3.8) is 0 Å². The summed E-state index contributed by atoms with van der Waals surface area (Å²) in [5.74, 6) is 0.820. The molecule has 1 unspecified atom stereocenters. The minimum atomic E-state index is -0.824. The largest absolute Gasteiger partial charge is 0.387 e. The smallest absolute Gasteiger partial charge is 0.132 e. The highest BCUT2D eigenvalue weighted by molar-refractivity contribution is 7.99. The van der Waals surface area contributed by atoms with Crippen molar-refractivity contribution in [3.8, 4) is 0 Å². The minimum Gasteiger partial charge on any atom is -0.387 e. The summed E-state index contributed by atoms with van der Waals surface area (Å²) in [4.78, 5) is 0. The molecule has 0 bridgehead atoms. The van der Waals surface area contributed by atoms with Gasteiger partial charge in [0.2, 0.25) is 0 Å². The van der Waals surface area contributed by atoms with E-state index in [4.69, 9.17) is 18.9 Å². The molecule has 3 aromatic rings. The molecule has 1 fully saturated rings. The van der Waals surface area contributed by atoms with Gasteiger partial charge in [-0.05, 0) is 22.4 Å². The normalized spacial score (nSPS) is 24.3. The monoisotopic (exact) mass is 494 g/mol. The van der Waals surface area contributed by atoms with Crippen LogP contribution < -0.4 is 0 Å². The molecule has 5 nitrogen and oxygen atoms in total. The average molecular weight is 495 g/mol. The molecule has 5 atom stereocenters. The molecule has 0 radical (unpaired) electrons. The van der Waals surface area contributed by atoms with Crippen LogP contribution in [0.2, 0.25) is 0 Å². The van der Waals surface area contributed by atoms with E-state index in [2.05, 4.69) is 6.92 Å². The van der Waals surface area contributed by atoms with Gasteiger partial charge in [-0.3, -0.25) is 0 Å². The topological polar surface area (TPSA) is 57.2 Å². The van der Waals surface area contributed by atoms with Crippen LogP contribution in [-0.4, -0.2) is 47.3 Å². The van der Waals surface area contributed by atoms with Gasteiger partial charge in [0.05, 0.1) is 26.4 Å². The van der Waals surface area contributed by atoms with Gasteiger partial charge < -0.3 is 24.1 Å².